The van der Waals surface area contributed by atoms with Crippen LogP contribution in [0.25, 0.3) is 0 Å². The molecule has 1 fully saturated rings. The highest BCUT2D eigenvalue weighted by molar-refractivity contribution is 6.35. The molecule has 20 heavy (non-hydrogen) atoms. The summed E-state index contributed by atoms with van der Waals surface area (Å²) in [5.41, 5.74) is 0.810. The van der Waals surface area contributed by atoms with Crippen LogP contribution in [0.1, 0.15) is 24.6 Å². The van der Waals surface area contributed by atoms with Crippen LogP contribution in [0.15, 0.2) is 24.3 Å². The summed E-state index contributed by atoms with van der Waals surface area (Å²) in [5, 5.41) is 7.46. The number of hydrogen-bond acceptors (Lipinski definition) is 4. The molecule has 1 aromatic carbocycles. The molecule has 1 aliphatic rings. The summed E-state index contributed by atoms with van der Waals surface area (Å²) in [5.74, 6) is 2.92. The predicted octanol–water partition coefficient (Wildman–Crippen LogP) is 4.45. The summed E-state index contributed by atoms with van der Waals surface area (Å²) in [6, 6.07) is 7.18. The first-order valence-electron chi connectivity index (χ1n) is 6.44. The van der Waals surface area contributed by atoms with Gasteiger partial charge in [-0.3, -0.25) is 0 Å². The zero-order valence-corrected chi connectivity index (χ0v) is 12.5. The van der Waals surface area contributed by atoms with Crippen LogP contribution < -0.4 is 10.6 Å². The second-order valence-electron chi connectivity index (χ2n) is 4.80. The van der Waals surface area contributed by atoms with E-state index in [4.69, 9.17) is 23.2 Å². The third kappa shape index (κ3) is 3.14. The van der Waals surface area contributed by atoms with Crippen molar-refractivity contribution in [3.05, 3.63) is 40.1 Å². The second-order valence-corrected chi connectivity index (χ2v) is 5.68. The summed E-state index contributed by atoms with van der Waals surface area (Å²) in [6.07, 6.45) is 2.32. The highest BCUT2D eigenvalue weighted by atomic mass is 35.5. The maximum atomic E-state index is 6.00. The molecule has 0 bridgehead atoms. The molecule has 104 valence electrons. The molecule has 1 heterocycles. The predicted molar refractivity (Wildman–Crippen MR) is 83.3 cm³/mol. The highest BCUT2D eigenvalue weighted by Gasteiger charge is 2.27. The fraction of sp³-hybridized carbons (Fsp3) is 0.286. The van der Waals surface area contributed by atoms with E-state index >= 15 is 0 Å². The number of nitrogens with one attached hydrogen (secondary N) is 2. The maximum Gasteiger partial charge on any atom is 0.136 e. The van der Waals surface area contributed by atoms with Gasteiger partial charge < -0.3 is 10.6 Å². The molecule has 2 aromatic rings. The highest BCUT2D eigenvalue weighted by Crippen LogP contribution is 2.39. The molecule has 4 nitrogen and oxygen atoms in total. The number of hydrogen-bond donors (Lipinski definition) is 2. The van der Waals surface area contributed by atoms with Crippen molar-refractivity contribution >= 4 is 40.5 Å². The average molecular weight is 309 g/mol. The Morgan fingerprint density at radius 3 is 2.25 bits per heavy atom. The van der Waals surface area contributed by atoms with E-state index in [1.54, 1.807) is 6.07 Å². The lowest BCUT2D eigenvalue weighted by atomic mass is 10.3. The van der Waals surface area contributed by atoms with Gasteiger partial charge in [0.05, 0.1) is 0 Å². The quantitative estimate of drug-likeness (QED) is 0.876. The van der Waals surface area contributed by atoms with Gasteiger partial charge >= 0.3 is 0 Å². The number of aromatic nitrogens is 2. The van der Waals surface area contributed by atoms with Crippen LogP contribution in [-0.4, -0.2) is 17.0 Å². The molecule has 0 atom stereocenters. The average Bonchev–Trinajstić information content (AvgIpc) is 3.21. The van der Waals surface area contributed by atoms with Crippen LogP contribution >= 0.6 is 23.2 Å². The second kappa shape index (κ2) is 5.46. The van der Waals surface area contributed by atoms with Gasteiger partial charge in [-0.05, 0) is 31.0 Å². The Kier molecular flexibility index (Phi) is 3.68. The Morgan fingerprint density at radius 1 is 1.00 bits per heavy atom. The largest absolute Gasteiger partial charge is 0.373 e. The fourth-order valence-electron chi connectivity index (χ4n) is 1.96. The van der Waals surface area contributed by atoms with Gasteiger partial charge in [-0.25, -0.2) is 9.97 Å². The van der Waals surface area contributed by atoms with Crippen LogP contribution in [-0.2, 0) is 0 Å². The molecule has 0 spiro atoms. The standard InChI is InChI=1S/C14H14Cl2N4/c1-17-12-7-13(20-14(19-12)8-2-3-8)18-11-5-9(15)4-10(16)6-11/h4-8H,2-3H2,1H3,(H2,17,18,19,20). The molecule has 1 aliphatic carbocycles. The maximum absolute atomic E-state index is 6.00. The van der Waals surface area contributed by atoms with Gasteiger partial charge in [0.25, 0.3) is 0 Å². The molecule has 0 unspecified atom stereocenters. The molecule has 1 saturated carbocycles. The molecule has 2 N–H and O–H groups in total. The van der Waals surface area contributed by atoms with Crippen LogP contribution in [0.3, 0.4) is 0 Å². The van der Waals surface area contributed by atoms with Crippen LogP contribution in [0.5, 0.6) is 0 Å². The third-order valence-corrected chi connectivity index (χ3v) is 3.51. The molecule has 1 aromatic heterocycles. The molecule has 0 radical (unpaired) electrons. The molecule has 0 amide bonds. The minimum Gasteiger partial charge on any atom is -0.373 e. The minimum atomic E-state index is 0.492. The van der Waals surface area contributed by atoms with Crippen LogP contribution in [0.2, 0.25) is 10.0 Å². The molecular formula is C14H14Cl2N4. The van der Waals surface area contributed by atoms with E-state index in [2.05, 4.69) is 20.6 Å². The van der Waals surface area contributed by atoms with Crippen molar-refractivity contribution < 1.29 is 0 Å². The number of anilines is 3. The van der Waals surface area contributed by atoms with E-state index in [1.165, 1.54) is 0 Å². The van der Waals surface area contributed by atoms with E-state index in [0.717, 1.165) is 36.0 Å². The van der Waals surface area contributed by atoms with Gasteiger partial charge in [0.1, 0.15) is 17.5 Å². The fourth-order valence-corrected chi connectivity index (χ4v) is 2.48. The topological polar surface area (TPSA) is 49.8 Å². The summed E-state index contributed by atoms with van der Waals surface area (Å²) < 4.78 is 0. The van der Waals surface area contributed by atoms with Crippen molar-refractivity contribution in [1.29, 1.82) is 0 Å². The molecule has 0 saturated heterocycles. The van der Waals surface area contributed by atoms with Crippen molar-refractivity contribution in [2.24, 2.45) is 0 Å². The monoisotopic (exact) mass is 308 g/mol. The van der Waals surface area contributed by atoms with Crippen LogP contribution in [0.4, 0.5) is 17.3 Å². The minimum absolute atomic E-state index is 0.492. The molecular weight excluding hydrogens is 295 g/mol. The van der Waals surface area contributed by atoms with E-state index < -0.39 is 0 Å². The van der Waals surface area contributed by atoms with Crippen LogP contribution in [0, 0.1) is 0 Å². The molecule has 3 rings (SSSR count). The zero-order chi connectivity index (χ0) is 14.1. The Morgan fingerprint density at radius 2 is 1.65 bits per heavy atom. The van der Waals surface area contributed by atoms with E-state index in [-0.39, 0.29) is 0 Å². The summed E-state index contributed by atoms with van der Waals surface area (Å²) >= 11 is 12.0. The van der Waals surface area contributed by atoms with E-state index in [9.17, 15) is 0 Å². The first kappa shape index (κ1) is 13.5. The lowest BCUT2D eigenvalue weighted by Gasteiger charge is -2.10. The Hall–Kier alpha value is -1.52. The summed E-state index contributed by atoms with van der Waals surface area (Å²) in [7, 11) is 1.85. The number of halogens is 2. The molecule has 6 heteroatoms. The van der Waals surface area contributed by atoms with Gasteiger partial charge in [0, 0.05) is 34.8 Å². The normalized spacial score (nSPS) is 14.2. The summed E-state index contributed by atoms with van der Waals surface area (Å²) in [4.78, 5) is 9.03. The Balaban J connectivity index is 1.90. The summed E-state index contributed by atoms with van der Waals surface area (Å²) in [6.45, 7) is 0. The van der Waals surface area contributed by atoms with Gasteiger partial charge in [-0.15, -0.1) is 0 Å². The number of benzene rings is 1. The van der Waals surface area contributed by atoms with Crippen molar-refractivity contribution in [3.63, 3.8) is 0 Å². The van der Waals surface area contributed by atoms with E-state index in [0.29, 0.717) is 16.0 Å². The number of nitrogens with zero attached hydrogens (tertiary/aromatic N) is 2. The molecule has 0 aliphatic heterocycles. The smallest absolute Gasteiger partial charge is 0.136 e. The van der Waals surface area contributed by atoms with Crippen molar-refractivity contribution in [2.45, 2.75) is 18.8 Å². The lowest BCUT2D eigenvalue weighted by molar-refractivity contribution is 0.932. The SMILES string of the molecule is CNc1cc(Nc2cc(Cl)cc(Cl)c2)nc(C2CC2)n1. The van der Waals surface area contributed by atoms with E-state index in [1.807, 2.05) is 25.2 Å². The van der Waals surface area contributed by atoms with Gasteiger partial charge in [0.15, 0.2) is 0 Å². The Bertz CT molecular complexity index is 621. The first-order valence-corrected chi connectivity index (χ1v) is 7.19. The van der Waals surface area contributed by atoms with Crippen molar-refractivity contribution in [1.82, 2.24) is 9.97 Å². The first-order chi connectivity index (χ1) is 9.64. The lowest BCUT2D eigenvalue weighted by Crippen LogP contribution is -2.03. The van der Waals surface area contributed by atoms with Gasteiger partial charge in [0.2, 0.25) is 0 Å². The van der Waals surface area contributed by atoms with Gasteiger partial charge in [-0.1, -0.05) is 23.2 Å². The third-order valence-electron chi connectivity index (χ3n) is 3.08. The van der Waals surface area contributed by atoms with Crippen molar-refractivity contribution in [3.8, 4) is 0 Å². The zero-order valence-electron chi connectivity index (χ0n) is 11.0. The van der Waals surface area contributed by atoms with Gasteiger partial charge in [-0.2, -0.15) is 0 Å². The Labute approximate surface area is 127 Å². The van der Waals surface area contributed by atoms with Crippen molar-refractivity contribution in [2.75, 3.05) is 17.7 Å². The number of rotatable bonds is 4.